The van der Waals surface area contributed by atoms with E-state index in [-0.39, 0.29) is 0 Å². The molecule has 0 heterocycles. The molecule has 0 saturated carbocycles. The number of hydrogen-bond acceptors (Lipinski definition) is 0. The molecule has 0 amide bonds. The molecular formula is C20H20. The highest BCUT2D eigenvalue weighted by atomic mass is 14.0. The Kier molecular flexibility index (Phi) is 5.14. The van der Waals surface area contributed by atoms with Crippen molar-refractivity contribution in [1.82, 2.24) is 0 Å². The molecule has 2 aromatic carbocycles. The molecule has 0 aliphatic carbocycles. The molecule has 0 aliphatic heterocycles. The maximum absolute atomic E-state index is 2.18. The number of rotatable bonds is 0. The summed E-state index contributed by atoms with van der Waals surface area (Å²) in [5.41, 5.74) is 2.59. The van der Waals surface area contributed by atoms with Crippen molar-refractivity contribution in [3.8, 4) is 0 Å². The van der Waals surface area contributed by atoms with Crippen LogP contribution in [0.25, 0.3) is 10.8 Å². The Morgan fingerprint density at radius 1 is 0.500 bits per heavy atom. The minimum atomic E-state index is 1.22. The lowest BCUT2D eigenvalue weighted by Gasteiger charge is -1.99. The van der Waals surface area contributed by atoms with E-state index in [1.54, 1.807) is 0 Å². The highest BCUT2D eigenvalue weighted by Crippen LogP contribution is 2.15. The molecule has 0 atom stereocenters. The Balaban J connectivity index is 2.99. The van der Waals surface area contributed by atoms with E-state index in [9.17, 15) is 0 Å². The highest BCUT2D eigenvalue weighted by Gasteiger charge is 1.92. The van der Waals surface area contributed by atoms with Gasteiger partial charge in [-0.1, -0.05) is 84.9 Å². The SMILES string of the molecule is Cc1ccccccc2ccccccccc2c1C. The fraction of sp³-hybridized carbons (Fsp3) is 0.100. The Morgan fingerprint density at radius 2 is 0.950 bits per heavy atom. The van der Waals surface area contributed by atoms with Gasteiger partial charge in [0.25, 0.3) is 0 Å². The second-order valence-corrected chi connectivity index (χ2v) is 4.77. The van der Waals surface area contributed by atoms with E-state index in [1.165, 1.54) is 21.9 Å². The van der Waals surface area contributed by atoms with Gasteiger partial charge in [-0.2, -0.15) is 0 Å². The van der Waals surface area contributed by atoms with E-state index in [2.05, 4.69) is 86.6 Å². The molecule has 0 nitrogen and oxygen atoms in total. The first-order valence-electron chi connectivity index (χ1n) is 6.90. The van der Waals surface area contributed by atoms with Gasteiger partial charge in [0.05, 0.1) is 0 Å². The fourth-order valence-electron chi connectivity index (χ4n) is 2.07. The van der Waals surface area contributed by atoms with Crippen molar-refractivity contribution in [2.75, 3.05) is 0 Å². The average molecular weight is 260 g/mol. The average Bonchev–Trinajstić information content (AvgIpc) is 2.47. The van der Waals surface area contributed by atoms with Gasteiger partial charge in [-0.05, 0) is 35.7 Å². The number of fused-ring (bicyclic) bond motifs is 1. The monoisotopic (exact) mass is 260 g/mol. The lowest BCUT2D eigenvalue weighted by molar-refractivity contribution is 1.39. The van der Waals surface area contributed by atoms with Gasteiger partial charge in [0.1, 0.15) is 0 Å². The van der Waals surface area contributed by atoms with Crippen LogP contribution in [-0.4, -0.2) is 0 Å². The highest BCUT2D eigenvalue weighted by molar-refractivity contribution is 5.83. The molecule has 0 aromatic heterocycles. The molecule has 0 bridgehead atoms. The van der Waals surface area contributed by atoms with Crippen LogP contribution in [0.15, 0.2) is 84.9 Å². The van der Waals surface area contributed by atoms with Gasteiger partial charge in [0, 0.05) is 0 Å². The summed E-state index contributed by atoms with van der Waals surface area (Å²) in [6.07, 6.45) is 0. The number of aryl methyl sites for hydroxylation is 2. The molecule has 100 valence electrons. The lowest BCUT2D eigenvalue weighted by atomic mass is 10.1. The van der Waals surface area contributed by atoms with Gasteiger partial charge >= 0.3 is 0 Å². The van der Waals surface area contributed by atoms with Crippen LogP contribution >= 0.6 is 0 Å². The molecular weight excluding hydrogens is 240 g/mol. The summed E-state index contributed by atoms with van der Waals surface area (Å²) in [5.74, 6) is 0. The Bertz CT molecular complexity index is 686. The van der Waals surface area contributed by atoms with Crippen LogP contribution < -0.4 is 0 Å². The van der Waals surface area contributed by atoms with Crippen LogP contribution in [0.4, 0.5) is 0 Å². The third-order valence-electron chi connectivity index (χ3n) is 3.36. The van der Waals surface area contributed by atoms with Crippen LogP contribution in [0.3, 0.4) is 0 Å². The van der Waals surface area contributed by atoms with Crippen LogP contribution in [0.5, 0.6) is 0 Å². The predicted octanol–water partition coefficient (Wildman–Crippen LogP) is 5.71. The zero-order valence-corrected chi connectivity index (χ0v) is 12.1. The molecule has 0 saturated heterocycles. The quantitative estimate of drug-likeness (QED) is 0.569. The van der Waals surface area contributed by atoms with Gasteiger partial charge in [-0.25, -0.2) is 0 Å². The summed E-state index contributed by atoms with van der Waals surface area (Å²) >= 11 is 0. The van der Waals surface area contributed by atoms with E-state index in [0.29, 0.717) is 0 Å². The fourth-order valence-corrected chi connectivity index (χ4v) is 2.07. The number of hydrogen-bond donors (Lipinski definition) is 0. The first kappa shape index (κ1) is 14.1. The minimum absolute atomic E-state index is 1.22. The molecule has 0 N–H and O–H groups in total. The molecule has 0 unspecified atom stereocenters. The van der Waals surface area contributed by atoms with E-state index in [1.807, 2.05) is 12.1 Å². The molecule has 0 heteroatoms. The summed E-state index contributed by atoms with van der Waals surface area (Å²) in [6, 6.07) is 29.3. The van der Waals surface area contributed by atoms with Crippen LogP contribution in [0, 0.1) is 13.8 Å². The standard InChI is InChI=1S/C20H20/c1-17-13-9-7-8-11-15-19-14-10-5-3-4-6-12-16-20(19)18(17)2/h3-16H,1-2H3. The van der Waals surface area contributed by atoms with Gasteiger partial charge in [-0.3, -0.25) is 0 Å². The summed E-state index contributed by atoms with van der Waals surface area (Å²) in [6.45, 7) is 4.33. The molecule has 0 fully saturated rings. The van der Waals surface area contributed by atoms with Crippen molar-refractivity contribution in [2.24, 2.45) is 0 Å². The van der Waals surface area contributed by atoms with Gasteiger partial charge in [0.2, 0.25) is 0 Å². The largest absolute Gasteiger partial charge is 0.0623 e. The Labute approximate surface area is 121 Å². The van der Waals surface area contributed by atoms with Crippen molar-refractivity contribution < 1.29 is 0 Å². The van der Waals surface area contributed by atoms with Crippen molar-refractivity contribution in [1.29, 1.82) is 0 Å². The zero-order chi connectivity index (χ0) is 14.2. The smallest absolute Gasteiger partial charge is 0.0152 e. The van der Waals surface area contributed by atoms with Crippen molar-refractivity contribution in [3.63, 3.8) is 0 Å². The first-order chi connectivity index (χ1) is 9.79. The summed E-state index contributed by atoms with van der Waals surface area (Å²) in [7, 11) is 0. The molecule has 2 aromatic rings. The minimum Gasteiger partial charge on any atom is -0.0623 e. The van der Waals surface area contributed by atoms with Crippen molar-refractivity contribution >= 4 is 10.8 Å². The molecule has 0 spiro atoms. The lowest BCUT2D eigenvalue weighted by Crippen LogP contribution is -1.77. The topological polar surface area (TPSA) is 0 Å². The molecule has 2 rings (SSSR count). The second kappa shape index (κ2) is 7.30. The van der Waals surface area contributed by atoms with Crippen molar-refractivity contribution in [3.05, 3.63) is 96.1 Å². The van der Waals surface area contributed by atoms with Gasteiger partial charge in [-0.15, -0.1) is 0 Å². The Hall–Kier alpha value is -2.34. The van der Waals surface area contributed by atoms with E-state index in [0.717, 1.165) is 0 Å². The molecule has 0 aliphatic rings. The normalized spacial score (nSPS) is 9.50. The van der Waals surface area contributed by atoms with Crippen LogP contribution in [-0.2, 0) is 0 Å². The van der Waals surface area contributed by atoms with Crippen molar-refractivity contribution in [2.45, 2.75) is 13.8 Å². The molecule has 20 heavy (non-hydrogen) atoms. The van der Waals surface area contributed by atoms with Gasteiger partial charge in [0.15, 0.2) is 0 Å². The predicted molar refractivity (Wildman–Crippen MR) is 88.7 cm³/mol. The zero-order valence-electron chi connectivity index (χ0n) is 12.1. The maximum Gasteiger partial charge on any atom is -0.0152 e. The Morgan fingerprint density at radius 3 is 1.55 bits per heavy atom. The summed E-state index contributed by atoms with van der Waals surface area (Å²) in [5, 5.41) is 2.48. The third-order valence-corrected chi connectivity index (χ3v) is 3.36. The summed E-state index contributed by atoms with van der Waals surface area (Å²) < 4.78 is 0. The van der Waals surface area contributed by atoms with E-state index in [4.69, 9.17) is 0 Å². The van der Waals surface area contributed by atoms with Gasteiger partial charge < -0.3 is 0 Å². The molecule has 0 radical (unpaired) electrons. The third kappa shape index (κ3) is 3.83. The second-order valence-electron chi connectivity index (χ2n) is 4.77. The van der Waals surface area contributed by atoms with E-state index < -0.39 is 0 Å². The van der Waals surface area contributed by atoms with Crippen LogP contribution in [0.2, 0.25) is 0 Å². The maximum atomic E-state index is 2.18. The first-order valence-corrected chi connectivity index (χ1v) is 6.90. The van der Waals surface area contributed by atoms with E-state index >= 15 is 0 Å². The summed E-state index contributed by atoms with van der Waals surface area (Å²) in [4.78, 5) is 0. The van der Waals surface area contributed by atoms with Crippen LogP contribution in [0.1, 0.15) is 11.1 Å².